The van der Waals surface area contributed by atoms with Crippen LogP contribution in [0.3, 0.4) is 0 Å². The topological polar surface area (TPSA) is 155 Å². The van der Waals surface area contributed by atoms with Crippen molar-refractivity contribution in [1.82, 2.24) is 15.0 Å². The highest BCUT2D eigenvalue weighted by atomic mass is 32.2. The number of aromatic nitrogens is 3. The van der Waals surface area contributed by atoms with E-state index >= 15 is 0 Å². The van der Waals surface area contributed by atoms with E-state index in [0.717, 1.165) is 10.6 Å². The van der Waals surface area contributed by atoms with Crippen molar-refractivity contribution >= 4 is 57.3 Å². The number of nitrogens with zero attached hydrogens (tertiary/aromatic N) is 5. The molecule has 0 bridgehead atoms. The maximum atomic E-state index is 12.8. The second-order valence-electron chi connectivity index (χ2n) is 8.24. The first-order valence-electron chi connectivity index (χ1n) is 11.4. The van der Waals surface area contributed by atoms with Crippen molar-refractivity contribution in [2.24, 2.45) is 4.99 Å². The summed E-state index contributed by atoms with van der Waals surface area (Å²) in [7, 11) is 0. The van der Waals surface area contributed by atoms with Gasteiger partial charge in [-0.3, -0.25) is 20.1 Å². The molecule has 0 aliphatic carbocycles. The summed E-state index contributed by atoms with van der Waals surface area (Å²) >= 11 is 1.41. The first-order chi connectivity index (χ1) is 18.3. The number of hydrogen-bond acceptors (Lipinski definition) is 10. The van der Waals surface area contributed by atoms with Gasteiger partial charge in [0.1, 0.15) is 5.03 Å². The first-order valence-corrected chi connectivity index (χ1v) is 12.2. The predicted molar refractivity (Wildman–Crippen MR) is 146 cm³/mol. The van der Waals surface area contributed by atoms with Crippen LogP contribution in [0.25, 0.3) is 10.9 Å². The Kier molecular flexibility index (Phi) is 6.83. The predicted octanol–water partition coefficient (Wildman–Crippen LogP) is 5.16. The number of pyridine rings is 1. The first kappa shape index (κ1) is 24.7. The summed E-state index contributed by atoms with van der Waals surface area (Å²) in [4.78, 5) is 28.4. The van der Waals surface area contributed by atoms with Gasteiger partial charge in [-0.05, 0) is 66.9 Å². The van der Waals surface area contributed by atoms with Gasteiger partial charge >= 0.3 is 0 Å². The Labute approximate surface area is 221 Å². The molecule has 5 aromatic rings. The molecule has 0 fully saturated rings. The molecule has 10 nitrogen and oxygen atoms in total. The zero-order chi connectivity index (χ0) is 26.6. The fourth-order valence-electron chi connectivity index (χ4n) is 3.74. The normalized spacial score (nSPS) is 11.4. The van der Waals surface area contributed by atoms with Crippen LogP contribution in [0.1, 0.15) is 11.3 Å². The Morgan fingerprint density at radius 2 is 1.84 bits per heavy atom. The van der Waals surface area contributed by atoms with Gasteiger partial charge < -0.3 is 16.2 Å². The van der Waals surface area contributed by atoms with E-state index < -0.39 is 4.92 Å². The second-order valence-corrected chi connectivity index (χ2v) is 9.34. The van der Waals surface area contributed by atoms with E-state index in [1.54, 1.807) is 54.7 Å². The number of anilines is 3. The lowest BCUT2D eigenvalue weighted by Gasteiger charge is -2.13. The molecule has 5 rings (SSSR count). The minimum atomic E-state index is -0.443. The van der Waals surface area contributed by atoms with Gasteiger partial charge in [-0.15, -0.1) is 0 Å². The minimum absolute atomic E-state index is 0.0186. The summed E-state index contributed by atoms with van der Waals surface area (Å²) in [5.41, 5.74) is 9.43. The van der Waals surface area contributed by atoms with Gasteiger partial charge in [-0.1, -0.05) is 30.0 Å². The van der Waals surface area contributed by atoms with Crippen LogP contribution in [0.5, 0.6) is 0 Å². The largest absolute Gasteiger partial charge is 0.858 e. The van der Waals surface area contributed by atoms with Gasteiger partial charge in [0.25, 0.3) is 5.69 Å². The highest BCUT2D eigenvalue weighted by molar-refractivity contribution is 7.99. The van der Waals surface area contributed by atoms with Crippen molar-refractivity contribution in [2.75, 3.05) is 11.1 Å². The summed E-state index contributed by atoms with van der Waals surface area (Å²) in [5.74, 6) is -0.175. The monoisotopic (exact) mass is 522 g/mol. The molecule has 0 atom stereocenters. The molecule has 0 amide bonds. The average Bonchev–Trinajstić information content (AvgIpc) is 2.88. The van der Waals surface area contributed by atoms with Crippen LogP contribution in [-0.2, 0) is 0 Å². The molecule has 2 heterocycles. The van der Waals surface area contributed by atoms with Crippen LogP contribution in [0.4, 0.5) is 28.7 Å². The third kappa shape index (κ3) is 5.68. The number of nitrogens with two attached hydrogens (primary N) is 1. The molecular formula is C27H20N7O3S-. The SMILES string of the molecule is Cc1cc(Sc2cccc(N=C([O-])c3ccc(Nc4ccnc5ccc([N+](=O)[O-])cc45)cc3)c2)nc(N)n1. The van der Waals surface area contributed by atoms with Gasteiger partial charge in [0.2, 0.25) is 5.95 Å². The highest BCUT2D eigenvalue weighted by Gasteiger charge is 2.10. The molecule has 0 aliphatic heterocycles. The van der Waals surface area contributed by atoms with Gasteiger partial charge in [0, 0.05) is 45.7 Å². The maximum absolute atomic E-state index is 12.8. The van der Waals surface area contributed by atoms with Gasteiger partial charge in [-0.25, -0.2) is 9.97 Å². The van der Waals surface area contributed by atoms with Crippen LogP contribution in [0.2, 0.25) is 0 Å². The molecule has 0 radical (unpaired) electrons. The summed E-state index contributed by atoms with van der Waals surface area (Å²) < 4.78 is 0. The molecule has 2 aromatic heterocycles. The average molecular weight is 523 g/mol. The maximum Gasteiger partial charge on any atom is 0.270 e. The van der Waals surface area contributed by atoms with E-state index in [2.05, 4.69) is 25.3 Å². The molecule has 0 saturated carbocycles. The molecule has 0 saturated heterocycles. The zero-order valence-corrected chi connectivity index (χ0v) is 20.8. The van der Waals surface area contributed by atoms with Crippen molar-refractivity contribution in [3.63, 3.8) is 0 Å². The number of benzene rings is 3. The standard InChI is InChI=1S/C27H21N7O3S/c1-16-13-25(33-27(28)30-16)38-21-4-2-3-19(14-21)32-26(35)17-5-7-18(8-6-17)31-24-11-12-29-23-10-9-20(34(36)37)15-22(23)24/h2-15H,1H3,(H,29,31)(H,32,35)(H2,28,30,33)/p-1. The van der Waals surface area contributed by atoms with Crippen LogP contribution in [0.15, 0.2) is 100.0 Å². The Morgan fingerprint density at radius 3 is 2.61 bits per heavy atom. The number of aryl methyl sites for hydroxylation is 1. The number of nitrogen functional groups attached to an aromatic ring is 1. The van der Waals surface area contributed by atoms with Gasteiger partial charge in [-0.2, -0.15) is 0 Å². The van der Waals surface area contributed by atoms with E-state index in [1.807, 2.05) is 25.1 Å². The Morgan fingerprint density at radius 1 is 1.03 bits per heavy atom. The summed E-state index contributed by atoms with van der Waals surface area (Å²) in [6.07, 6.45) is 1.63. The lowest BCUT2D eigenvalue weighted by Crippen LogP contribution is -2.18. The summed E-state index contributed by atoms with van der Waals surface area (Å²) in [5, 5.41) is 28.6. The summed E-state index contributed by atoms with van der Waals surface area (Å²) in [6.45, 7) is 1.85. The van der Waals surface area contributed by atoms with Crippen LogP contribution >= 0.6 is 11.8 Å². The van der Waals surface area contributed by atoms with E-state index in [-0.39, 0.29) is 17.5 Å². The van der Waals surface area contributed by atoms with E-state index in [9.17, 15) is 15.2 Å². The number of nitro groups is 1. The van der Waals surface area contributed by atoms with Crippen molar-refractivity contribution in [3.8, 4) is 0 Å². The van der Waals surface area contributed by atoms with Crippen molar-refractivity contribution in [3.05, 3.63) is 106 Å². The number of hydrogen-bond donors (Lipinski definition) is 2. The number of aliphatic imine (C=N–C) groups is 1. The van der Waals surface area contributed by atoms with Crippen LogP contribution < -0.4 is 16.2 Å². The lowest BCUT2D eigenvalue weighted by atomic mass is 10.1. The number of nitrogens with one attached hydrogen (secondary N) is 1. The molecule has 3 N–H and O–H groups in total. The van der Waals surface area contributed by atoms with Crippen LogP contribution in [-0.4, -0.2) is 25.8 Å². The van der Waals surface area contributed by atoms with Crippen LogP contribution in [0, 0.1) is 17.0 Å². The molecular weight excluding hydrogens is 502 g/mol. The molecule has 188 valence electrons. The number of fused-ring (bicyclic) bond motifs is 1. The minimum Gasteiger partial charge on any atom is -0.858 e. The highest BCUT2D eigenvalue weighted by Crippen LogP contribution is 2.30. The van der Waals surface area contributed by atoms with Gasteiger partial charge in [0.15, 0.2) is 0 Å². The third-order valence-corrected chi connectivity index (χ3v) is 6.37. The zero-order valence-electron chi connectivity index (χ0n) is 20.0. The van der Waals surface area contributed by atoms with E-state index in [0.29, 0.717) is 38.6 Å². The molecule has 38 heavy (non-hydrogen) atoms. The Bertz CT molecular complexity index is 1670. The van der Waals surface area contributed by atoms with Crippen molar-refractivity contribution in [1.29, 1.82) is 0 Å². The van der Waals surface area contributed by atoms with Crippen molar-refractivity contribution < 1.29 is 10.0 Å². The van der Waals surface area contributed by atoms with Gasteiger partial charge in [0.05, 0.1) is 16.1 Å². The molecule has 0 aliphatic rings. The fourth-order valence-corrected chi connectivity index (χ4v) is 4.68. The van der Waals surface area contributed by atoms with Crippen molar-refractivity contribution in [2.45, 2.75) is 16.8 Å². The Balaban J connectivity index is 1.33. The molecule has 0 unspecified atom stereocenters. The third-order valence-electron chi connectivity index (χ3n) is 5.47. The molecule has 11 heteroatoms. The number of non-ortho nitro benzene ring substituents is 1. The summed E-state index contributed by atoms with van der Waals surface area (Å²) in [6, 6.07) is 22.2. The fraction of sp³-hybridized carbons (Fsp3) is 0.0370. The van der Waals surface area contributed by atoms with E-state index in [4.69, 9.17) is 5.73 Å². The molecule has 0 spiro atoms. The smallest absolute Gasteiger partial charge is 0.270 e. The number of rotatable bonds is 7. The van der Waals surface area contributed by atoms with E-state index in [1.165, 1.54) is 23.9 Å². The molecule has 3 aromatic carbocycles. The Hall–Kier alpha value is -5.03. The lowest BCUT2D eigenvalue weighted by molar-refractivity contribution is -0.384. The number of nitro benzene ring substituents is 1. The second kappa shape index (κ2) is 10.5. The quantitative estimate of drug-likeness (QED) is 0.0969.